The number of hydrogen-bond donors (Lipinski definition) is 1. The van der Waals surface area contributed by atoms with Crippen LogP contribution in [-0.2, 0) is 17.8 Å². The summed E-state index contributed by atoms with van der Waals surface area (Å²) >= 11 is 0. The van der Waals surface area contributed by atoms with Crippen molar-refractivity contribution < 1.29 is 9.84 Å². The van der Waals surface area contributed by atoms with Crippen molar-refractivity contribution in [1.82, 2.24) is 9.47 Å². The van der Waals surface area contributed by atoms with Gasteiger partial charge in [0, 0.05) is 37.9 Å². The maximum absolute atomic E-state index is 11.8. The first kappa shape index (κ1) is 18.0. The number of unbranched alkanes of at least 4 members (excludes halogenated alkanes) is 3. The minimum atomic E-state index is -0.292. The van der Waals surface area contributed by atoms with Crippen LogP contribution in [0.25, 0.3) is 0 Å². The number of ether oxygens (including phenoxy) is 1. The lowest BCUT2D eigenvalue weighted by Gasteiger charge is -2.35. The molecule has 0 aliphatic carbocycles. The second-order valence-electron chi connectivity index (χ2n) is 6.72. The smallest absolute Gasteiger partial charge is 0.223 e. The molecule has 5 heteroatoms. The van der Waals surface area contributed by atoms with Gasteiger partial charge >= 0.3 is 0 Å². The van der Waals surface area contributed by atoms with Crippen LogP contribution >= 0.6 is 0 Å². The minimum absolute atomic E-state index is 0.159. The van der Waals surface area contributed by atoms with Crippen molar-refractivity contribution in [2.75, 3.05) is 13.1 Å². The third kappa shape index (κ3) is 5.36. The highest BCUT2D eigenvalue weighted by molar-refractivity contribution is 5.20. The molecule has 0 radical (unpaired) electrons. The van der Waals surface area contributed by atoms with Gasteiger partial charge in [-0.15, -0.1) is 0 Å². The third-order valence-corrected chi connectivity index (χ3v) is 4.33. The van der Waals surface area contributed by atoms with Crippen molar-refractivity contribution in [3.8, 4) is 5.75 Å². The van der Waals surface area contributed by atoms with Gasteiger partial charge in [0.1, 0.15) is 0 Å². The SMILES string of the molecule is CCCCCCn1cc(O)c(=O)cc1CN1CC(C)OC(C)C1. The molecule has 1 fully saturated rings. The molecule has 1 aromatic heterocycles. The Balaban J connectivity index is 2.09. The maximum atomic E-state index is 11.8. The number of aromatic nitrogens is 1. The summed E-state index contributed by atoms with van der Waals surface area (Å²) in [6, 6.07) is 1.58. The Kier molecular flexibility index (Phi) is 6.66. The summed E-state index contributed by atoms with van der Waals surface area (Å²) in [6.07, 6.45) is 6.68. The van der Waals surface area contributed by atoms with Crippen LogP contribution in [0, 0.1) is 0 Å². The summed E-state index contributed by atoms with van der Waals surface area (Å²) in [5, 5.41) is 9.75. The van der Waals surface area contributed by atoms with Crippen molar-refractivity contribution >= 4 is 0 Å². The van der Waals surface area contributed by atoms with E-state index in [1.165, 1.54) is 19.3 Å². The van der Waals surface area contributed by atoms with E-state index < -0.39 is 0 Å². The first-order valence-electron chi connectivity index (χ1n) is 8.79. The van der Waals surface area contributed by atoms with Crippen LogP contribution in [0.1, 0.15) is 52.1 Å². The van der Waals surface area contributed by atoms with Gasteiger partial charge in [0.15, 0.2) is 5.75 Å². The van der Waals surface area contributed by atoms with Crippen molar-refractivity contribution in [2.45, 2.75) is 71.8 Å². The fraction of sp³-hybridized carbons (Fsp3) is 0.722. The summed E-state index contributed by atoms with van der Waals surface area (Å²) in [4.78, 5) is 14.2. The Morgan fingerprint density at radius 2 is 1.91 bits per heavy atom. The second-order valence-corrected chi connectivity index (χ2v) is 6.72. The molecular formula is C18H30N2O3. The van der Waals surface area contributed by atoms with Crippen molar-refractivity contribution in [2.24, 2.45) is 0 Å². The van der Waals surface area contributed by atoms with Gasteiger partial charge in [0.05, 0.1) is 18.4 Å². The molecule has 0 saturated carbocycles. The Labute approximate surface area is 138 Å². The van der Waals surface area contributed by atoms with Crippen LogP contribution < -0.4 is 5.43 Å². The number of aryl methyl sites for hydroxylation is 1. The third-order valence-electron chi connectivity index (χ3n) is 4.33. The van der Waals surface area contributed by atoms with Crippen molar-refractivity contribution in [3.63, 3.8) is 0 Å². The van der Waals surface area contributed by atoms with E-state index in [0.29, 0.717) is 0 Å². The Hall–Kier alpha value is -1.33. The second kappa shape index (κ2) is 8.50. The van der Waals surface area contributed by atoms with Crippen LogP contribution in [0.5, 0.6) is 5.75 Å². The number of pyridine rings is 1. The molecule has 1 N–H and O–H groups in total. The molecule has 0 spiro atoms. The molecule has 0 amide bonds. The molecular weight excluding hydrogens is 292 g/mol. The Morgan fingerprint density at radius 1 is 1.22 bits per heavy atom. The summed E-state index contributed by atoms with van der Waals surface area (Å²) in [5.41, 5.74) is 0.685. The van der Waals surface area contributed by atoms with Gasteiger partial charge in [0.2, 0.25) is 5.43 Å². The van der Waals surface area contributed by atoms with Gasteiger partial charge in [-0.2, -0.15) is 0 Å². The van der Waals surface area contributed by atoms with Gasteiger partial charge in [-0.25, -0.2) is 0 Å². The predicted octanol–water partition coefficient (Wildman–Crippen LogP) is 2.74. The number of nitrogens with zero attached hydrogens (tertiary/aromatic N) is 2. The van der Waals surface area contributed by atoms with E-state index in [1.54, 1.807) is 12.3 Å². The average molecular weight is 322 g/mol. The molecule has 2 rings (SSSR count). The molecule has 1 aliphatic heterocycles. The lowest BCUT2D eigenvalue weighted by atomic mass is 10.2. The van der Waals surface area contributed by atoms with E-state index in [4.69, 9.17) is 4.74 Å². The Bertz CT molecular complexity index is 546. The van der Waals surface area contributed by atoms with Crippen LogP contribution in [0.2, 0.25) is 0 Å². The van der Waals surface area contributed by atoms with Crippen LogP contribution in [0.4, 0.5) is 0 Å². The molecule has 130 valence electrons. The molecule has 1 aromatic rings. The van der Waals surface area contributed by atoms with Gasteiger partial charge in [-0.05, 0) is 20.3 Å². The highest BCUT2D eigenvalue weighted by atomic mass is 16.5. The largest absolute Gasteiger partial charge is 0.503 e. The van der Waals surface area contributed by atoms with Crippen molar-refractivity contribution in [3.05, 3.63) is 28.2 Å². The Morgan fingerprint density at radius 3 is 2.57 bits per heavy atom. The quantitative estimate of drug-likeness (QED) is 0.784. The molecule has 2 unspecified atom stereocenters. The average Bonchev–Trinajstić information content (AvgIpc) is 2.47. The molecule has 2 atom stereocenters. The maximum Gasteiger partial charge on any atom is 0.223 e. The number of aromatic hydroxyl groups is 1. The zero-order valence-corrected chi connectivity index (χ0v) is 14.6. The van der Waals surface area contributed by atoms with Crippen LogP contribution in [-0.4, -0.2) is 39.9 Å². The monoisotopic (exact) mass is 322 g/mol. The fourth-order valence-corrected chi connectivity index (χ4v) is 3.30. The highest BCUT2D eigenvalue weighted by Crippen LogP contribution is 2.16. The molecule has 23 heavy (non-hydrogen) atoms. The van der Waals surface area contributed by atoms with Gasteiger partial charge in [0.25, 0.3) is 0 Å². The minimum Gasteiger partial charge on any atom is -0.503 e. The summed E-state index contributed by atoms with van der Waals surface area (Å²) in [5.74, 6) is -0.159. The van der Waals surface area contributed by atoms with E-state index in [-0.39, 0.29) is 23.4 Å². The zero-order chi connectivity index (χ0) is 16.8. The van der Waals surface area contributed by atoms with Gasteiger partial charge in [-0.3, -0.25) is 9.69 Å². The molecule has 0 bridgehead atoms. The molecule has 2 heterocycles. The lowest BCUT2D eigenvalue weighted by molar-refractivity contribution is -0.0710. The van der Waals surface area contributed by atoms with Crippen molar-refractivity contribution in [1.29, 1.82) is 0 Å². The predicted molar refractivity (Wildman–Crippen MR) is 91.8 cm³/mol. The van der Waals surface area contributed by atoms with E-state index in [1.807, 2.05) is 4.57 Å². The molecule has 1 aliphatic rings. The highest BCUT2D eigenvalue weighted by Gasteiger charge is 2.23. The first-order valence-corrected chi connectivity index (χ1v) is 8.79. The zero-order valence-electron chi connectivity index (χ0n) is 14.6. The summed E-state index contributed by atoms with van der Waals surface area (Å²) in [7, 11) is 0. The molecule has 0 aromatic carbocycles. The van der Waals surface area contributed by atoms with Gasteiger partial charge in [-0.1, -0.05) is 26.2 Å². The molecule has 1 saturated heterocycles. The van der Waals surface area contributed by atoms with E-state index >= 15 is 0 Å². The van der Waals surface area contributed by atoms with E-state index in [2.05, 4.69) is 25.7 Å². The van der Waals surface area contributed by atoms with Gasteiger partial charge < -0.3 is 14.4 Å². The fourth-order valence-electron chi connectivity index (χ4n) is 3.30. The number of morpholine rings is 1. The summed E-state index contributed by atoms with van der Waals surface area (Å²) < 4.78 is 7.81. The van der Waals surface area contributed by atoms with Crippen LogP contribution in [0.3, 0.4) is 0 Å². The summed E-state index contributed by atoms with van der Waals surface area (Å²) in [6.45, 7) is 9.66. The first-order chi connectivity index (χ1) is 11.0. The normalized spacial score (nSPS) is 22.4. The van der Waals surface area contributed by atoms with E-state index in [0.717, 1.165) is 38.3 Å². The standard InChI is InChI=1S/C18H30N2O3/c1-4-5-6-7-8-20-13-18(22)17(21)9-16(20)12-19-10-14(2)23-15(3)11-19/h9,13-15,22H,4-8,10-12H2,1-3H3. The number of hydrogen-bond acceptors (Lipinski definition) is 4. The topological polar surface area (TPSA) is 54.7 Å². The van der Waals surface area contributed by atoms with E-state index in [9.17, 15) is 9.90 Å². The number of rotatable bonds is 7. The molecule has 5 nitrogen and oxygen atoms in total. The lowest BCUT2D eigenvalue weighted by Crippen LogP contribution is -2.45. The van der Waals surface area contributed by atoms with Crippen LogP contribution in [0.15, 0.2) is 17.1 Å².